The molecule has 3 amide bonds. The summed E-state index contributed by atoms with van der Waals surface area (Å²) < 4.78 is 5.79. The van der Waals surface area contributed by atoms with E-state index in [1.807, 2.05) is 46.6 Å². The first-order chi connectivity index (χ1) is 25.9. The van der Waals surface area contributed by atoms with Gasteiger partial charge in [0.2, 0.25) is 11.8 Å². The first kappa shape index (κ1) is 43.3. The Bertz CT molecular complexity index is 1730. The number of fused-ring (bicyclic) bond motifs is 1. The van der Waals surface area contributed by atoms with Crippen molar-refractivity contribution < 1.29 is 38.7 Å². The zero-order valence-corrected chi connectivity index (χ0v) is 33.9. The molecule has 1 saturated heterocycles. The molecule has 302 valence electrons. The number of rotatable bonds is 16. The number of aliphatic carboxylic acids is 1. The molecule has 1 aliphatic carbocycles. The number of likely N-dealkylation sites (N-methyl/N-ethyl adjacent to an activating group) is 2. The highest BCUT2D eigenvalue weighted by Crippen LogP contribution is 2.35. The van der Waals surface area contributed by atoms with Gasteiger partial charge < -0.3 is 25.4 Å². The fraction of sp³-hybridized carbons (Fsp3) is 0.641. The summed E-state index contributed by atoms with van der Waals surface area (Å²) in [7, 11) is 1.94. The van der Waals surface area contributed by atoms with E-state index in [-0.39, 0.29) is 60.3 Å². The van der Waals surface area contributed by atoms with Crippen molar-refractivity contribution in [2.45, 2.75) is 123 Å². The summed E-state index contributed by atoms with van der Waals surface area (Å²) >= 11 is 1.14. The number of benzene rings is 1. The van der Waals surface area contributed by atoms with E-state index in [0.717, 1.165) is 30.7 Å². The van der Waals surface area contributed by atoms with Crippen LogP contribution < -0.4 is 10.6 Å². The van der Waals surface area contributed by atoms with Crippen LogP contribution in [0.5, 0.6) is 0 Å². The summed E-state index contributed by atoms with van der Waals surface area (Å²) in [6.07, 6.45) is 2.03. The Hall–Kier alpha value is -4.44. The first-order valence-corrected chi connectivity index (χ1v) is 20.1. The lowest BCUT2D eigenvalue weighted by Crippen LogP contribution is -2.59. The van der Waals surface area contributed by atoms with Gasteiger partial charge in [0.05, 0.1) is 16.9 Å². The van der Waals surface area contributed by atoms with Gasteiger partial charge in [-0.25, -0.2) is 4.98 Å². The van der Waals surface area contributed by atoms with Gasteiger partial charge >= 0.3 is 11.9 Å². The normalized spacial score (nSPS) is 22.1. The number of nitrogens with one attached hydrogen (secondary N) is 2. The van der Waals surface area contributed by atoms with E-state index in [2.05, 4.69) is 22.5 Å². The molecular weight excluding hydrogens is 729 g/mol. The quantitative estimate of drug-likeness (QED) is 0.116. The number of non-ortho nitro benzene ring substituents is 1. The van der Waals surface area contributed by atoms with Crippen LogP contribution in [0.15, 0.2) is 23.6 Å². The third-order valence-corrected chi connectivity index (χ3v) is 12.1. The molecule has 0 spiro atoms. The molecule has 8 atom stereocenters. The summed E-state index contributed by atoms with van der Waals surface area (Å²) in [5, 5.41) is 29.1. The van der Waals surface area contributed by atoms with E-state index in [0.29, 0.717) is 35.0 Å². The number of piperidine rings is 1. The smallest absolute Gasteiger partial charge is 0.311 e. The molecule has 15 nitrogen and oxygen atoms in total. The third-order valence-electron chi connectivity index (χ3n) is 11.1. The van der Waals surface area contributed by atoms with E-state index in [9.17, 15) is 39.2 Å². The summed E-state index contributed by atoms with van der Waals surface area (Å²) in [6, 6.07) is 2.05. The van der Waals surface area contributed by atoms with Gasteiger partial charge in [-0.2, -0.15) is 0 Å². The molecule has 0 bridgehead atoms. The van der Waals surface area contributed by atoms with Crippen LogP contribution in [0.25, 0.3) is 0 Å². The second kappa shape index (κ2) is 18.9. The number of thiazole rings is 1. The van der Waals surface area contributed by atoms with Gasteiger partial charge in [0, 0.05) is 49.5 Å². The molecule has 1 fully saturated rings. The van der Waals surface area contributed by atoms with E-state index >= 15 is 0 Å². The number of carboxylic acid groups (broad SMARTS) is 1. The van der Waals surface area contributed by atoms with E-state index < -0.39 is 52.9 Å². The second-order valence-electron chi connectivity index (χ2n) is 15.5. The molecule has 1 aliphatic heterocycles. The Kier molecular flexibility index (Phi) is 14.9. The lowest BCUT2D eigenvalue weighted by Gasteiger charge is -2.40. The summed E-state index contributed by atoms with van der Waals surface area (Å²) in [5.41, 5.74) is 0.820. The minimum absolute atomic E-state index is 0.0355. The Morgan fingerprint density at radius 2 is 1.87 bits per heavy atom. The summed E-state index contributed by atoms with van der Waals surface area (Å²) in [4.78, 5) is 85.2. The van der Waals surface area contributed by atoms with Gasteiger partial charge in [0.15, 0.2) is 6.10 Å². The van der Waals surface area contributed by atoms with Gasteiger partial charge in [0.25, 0.3) is 11.6 Å². The number of nitro benzene ring substituents is 1. The maximum Gasteiger partial charge on any atom is 0.311 e. The Morgan fingerprint density at radius 1 is 1.16 bits per heavy atom. The van der Waals surface area contributed by atoms with Gasteiger partial charge in [-0.05, 0) is 75.1 Å². The molecule has 1 aromatic heterocycles. The number of likely N-dealkylation sites (tertiary alicyclic amines) is 1. The average molecular weight is 785 g/mol. The standard InChI is InChI=1S/C39H56N6O9S/c1-9-23(6)34(42-36(48)32-15-22(5)13-14-43(32)8)38(49)44(10-2)31(21(3)4)19-33(54-24(7)46)37-41-30(20-55-37)35(47)40-26-16-25-11-12-27(45(52)53)18-28(25)29(17-26)39(50)51/h11-12,18,20-23,26,29,31-34H,9-10,13-17,19H2,1-8H3,(H,40,47)(H,42,48)(H,50,51)/t22-,23+,26+,29-,31-,32-,33-,34+/m1/s1. The van der Waals surface area contributed by atoms with Crippen LogP contribution >= 0.6 is 11.3 Å². The van der Waals surface area contributed by atoms with Crippen LogP contribution in [0, 0.1) is 27.9 Å². The molecule has 0 saturated carbocycles. The number of hydrogen-bond donors (Lipinski definition) is 3. The molecule has 0 radical (unpaired) electrons. The van der Waals surface area contributed by atoms with E-state index in [4.69, 9.17) is 4.74 Å². The van der Waals surface area contributed by atoms with Crippen LogP contribution in [0.2, 0.25) is 0 Å². The predicted molar refractivity (Wildman–Crippen MR) is 207 cm³/mol. The van der Waals surface area contributed by atoms with E-state index in [1.165, 1.54) is 25.1 Å². The molecule has 55 heavy (non-hydrogen) atoms. The number of carbonyl (C=O) groups excluding carboxylic acids is 4. The fourth-order valence-corrected chi connectivity index (χ4v) is 8.56. The van der Waals surface area contributed by atoms with Gasteiger partial charge in [-0.15, -0.1) is 11.3 Å². The minimum atomic E-state index is -1.15. The first-order valence-electron chi connectivity index (χ1n) is 19.2. The highest BCUT2D eigenvalue weighted by molar-refractivity contribution is 7.09. The average Bonchev–Trinajstić information content (AvgIpc) is 3.63. The number of hydrogen-bond acceptors (Lipinski definition) is 11. The number of amides is 3. The Balaban J connectivity index is 1.53. The van der Waals surface area contributed by atoms with Crippen molar-refractivity contribution in [2.75, 3.05) is 20.1 Å². The number of carbonyl (C=O) groups is 5. The monoisotopic (exact) mass is 784 g/mol. The van der Waals surface area contributed by atoms with Crippen molar-refractivity contribution >= 4 is 46.7 Å². The maximum absolute atomic E-state index is 14.5. The molecule has 3 N–H and O–H groups in total. The SMILES string of the molecule is CC[C@H](C)[C@H](NC(=O)[C@H]1C[C@H](C)CCN1C)C(=O)N(CC)[C@H](C[C@@H](OC(C)=O)c1nc(C(=O)N[C@H]2Cc3ccc([N+](=O)[O-])cc3[C@H](C(=O)O)C2)cs1)C(C)C. The van der Waals surface area contributed by atoms with Crippen molar-refractivity contribution in [3.63, 3.8) is 0 Å². The van der Waals surface area contributed by atoms with Crippen molar-refractivity contribution in [2.24, 2.45) is 17.8 Å². The Labute approximate surface area is 326 Å². The number of nitrogens with zero attached hydrogens (tertiary/aromatic N) is 4. The zero-order chi connectivity index (χ0) is 40.7. The van der Waals surface area contributed by atoms with Crippen LogP contribution in [0.4, 0.5) is 5.69 Å². The molecule has 4 rings (SSSR count). The lowest BCUT2D eigenvalue weighted by molar-refractivity contribution is -0.385. The molecule has 2 aliphatic rings. The summed E-state index contributed by atoms with van der Waals surface area (Å²) in [5.74, 6) is -3.48. The molecule has 2 aromatic rings. The highest BCUT2D eigenvalue weighted by atomic mass is 32.1. The van der Waals surface area contributed by atoms with Crippen molar-refractivity contribution in [1.29, 1.82) is 0 Å². The lowest BCUT2D eigenvalue weighted by atomic mass is 9.80. The van der Waals surface area contributed by atoms with Gasteiger partial charge in [-0.3, -0.25) is 39.0 Å². The summed E-state index contributed by atoms with van der Waals surface area (Å²) in [6.45, 7) is 14.4. The molecule has 0 unspecified atom stereocenters. The van der Waals surface area contributed by atoms with Crippen LogP contribution in [0.1, 0.15) is 119 Å². The number of nitro groups is 1. The zero-order valence-electron chi connectivity index (χ0n) is 33.1. The third kappa shape index (κ3) is 10.7. The fourth-order valence-electron chi connectivity index (χ4n) is 7.72. The number of carboxylic acids is 1. The molecule has 1 aromatic carbocycles. The topological polar surface area (TPSA) is 201 Å². The highest BCUT2D eigenvalue weighted by Gasteiger charge is 2.39. The predicted octanol–water partition coefficient (Wildman–Crippen LogP) is 5.09. The van der Waals surface area contributed by atoms with Crippen molar-refractivity contribution in [3.05, 3.63) is 55.5 Å². The Morgan fingerprint density at radius 3 is 2.47 bits per heavy atom. The molecule has 16 heteroatoms. The largest absolute Gasteiger partial charge is 0.481 e. The van der Waals surface area contributed by atoms with Gasteiger partial charge in [-0.1, -0.05) is 47.1 Å². The number of esters is 1. The van der Waals surface area contributed by atoms with Gasteiger partial charge in [0.1, 0.15) is 16.7 Å². The maximum atomic E-state index is 14.5. The van der Waals surface area contributed by atoms with Crippen molar-refractivity contribution in [3.8, 4) is 0 Å². The van der Waals surface area contributed by atoms with Crippen LogP contribution in [-0.4, -0.2) is 98.8 Å². The van der Waals surface area contributed by atoms with E-state index in [1.54, 1.807) is 10.3 Å². The minimum Gasteiger partial charge on any atom is -0.481 e. The van der Waals surface area contributed by atoms with Crippen LogP contribution in [-0.2, 0) is 30.3 Å². The molecule has 2 heterocycles. The second-order valence-corrected chi connectivity index (χ2v) is 16.4. The van der Waals surface area contributed by atoms with Crippen LogP contribution in [0.3, 0.4) is 0 Å². The molecular formula is C39H56N6O9S. The number of ether oxygens (including phenoxy) is 1. The number of aromatic nitrogens is 1. The van der Waals surface area contributed by atoms with Crippen molar-refractivity contribution in [1.82, 2.24) is 25.4 Å².